The van der Waals surface area contributed by atoms with E-state index < -0.39 is 5.97 Å². The van der Waals surface area contributed by atoms with Gasteiger partial charge in [0.05, 0.1) is 5.56 Å². The predicted molar refractivity (Wildman–Crippen MR) is 61.4 cm³/mol. The van der Waals surface area contributed by atoms with Crippen molar-refractivity contribution in [1.82, 2.24) is 0 Å². The Bertz CT molecular complexity index is 506. The molecule has 0 aliphatic carbocycles. The number of aryl methyl sites for hydroxylation is 1. The lowest BCUT2D eigenvalue weighted by Gasteiger charge is -2.02. The summed E-state index contributed by atoms with van der Waals surface area (Å²) < 4.78 is 0. The zero-order valence-electron chi connectivity index (χ0n) is 8.40. The molecule has 3 heteroatoms. The normalized spacial score (nSPS) is 9.67. The molecule has 0 amide bonds. The SMILES string of the molecule is Cc1ccc2c(C(=O)O)cccc2c1.[Al]. The molecule has 0 atom stereocenters. The Morgan fingerprint density at radius 1 is 1.20 bits per heavy atom. The number of hydrogen-bond donors (Lipinski definition) is 1. The van der Waals surface area contributed by atoms with Crippen molar-refractivity contribution < 1.29 is 9.90 Å². The summed E-state index contributed by atoms with van der Waals surface area (Å²) >= 11 is 0. The van der Waals surface area contributed by atoms with Crippen LogP contribution in [0.1, 0.15) is 15.9 Å². The smallest absolute Gasteiger partial charge is 0.336 e. The Hall–Kier alpha value is -1.30. The number of rotatable bonds is 1. The number of aromatic carboxylic acids is 1. The summed E-state index contributed by atoms with van der Waals surface area (Å²) in [6.07, 6.45) is 0. The Morgan fingerprint density at radius 3 is 2.60 bits per heavy atom. The third kappa shape index (κ3) is 2.20. The monoisotopic (exact) mass is 213 g/mol. The Labute approximate surface area is 98.7 Å². The fourth-order valence-electron chi connectivity index (χ4n) is 1.59. The summed E-state index contributed by atoms with van der Waals surface area (Å²) in [4.78, 5) is 10.9. The van der Waals surface area contributed by atoms with Gasteiger partial charge in [-0.05, 0) is 23.8 Å². The van der Waals surface area contributed by atoms with Gasteiger partial charge in [0.2, 0.25) is 0 Å². The number of carbonyl (C=O) groups is 1. The zero-order valence-corrected chi connectivity index (χ0v) is 9.55. The highest BCUT2D eigenvalue weighted by atomic mass is 27.0. The van der Waals surface area contributed by atoms with E-state index in [2.05, 4.69) is 0 Å². The molecule has 0 fully saturated rings. The summed E-state index contributed by atoms with van der Waals surface area (Å²) in [6.45, 7) is 1.99. The van der Waals surface area contributed by atoms with Crippen LogP contribution in [-0.4, -0.2) is 28.4 Å². The van der Waals surface area contributed by atoms with E-state index in [0.717, 1.165) is 16.3 Å². The van der Waals surface area contributed by atoms with Gasteiger partial charge in [0.1, 0.15) is 0 Å². The summed E-state index contributed by atoms with van der Waals surface area (Å²) in [7, 11) is 0. The summed E-state index contributed by atoms with van der Waals surface area (Å²) in [5, 5.41) is 10.7. The number of hydrogen-bond acceptors (Lipinski definition) is 1. The molecular formula is C12H10AlO2. The van der Waals surface area contributed by atoms with Crippen molar-refractivity contribution in [3.63, 3.8) is 0 Å². The lowest BCUT2D eigenvalue weighted by molar-refractivity contribution is 0.0699. The molecule has 2 rings (SSSR count). The third-order valence-corrected chi connectivity index (χ3v) is 2.27. The largest absolute Gasteiger partial charge is 0.478 e. The summed E-state index contributed by atoms with van der Waals surface area (Å²) in [5.74, 6) is -0.876. The first-order chi connectivity index (χ1) is 6.68. The minimum atomic E-state index is -0.876. The molecule has 0 unspecified atom stereocenters. The van der Waals surface area contributed by atoms with Gasteiger partial charge < -0.3 is 5.11 Å². The van der Waals surface area contributed by atoms with Crippen LogP contribution >= 0.6 is 0 Å². The molecule has 3 radical (unpaired) electrons. The van der Waals surface area contributed by atoms with E-state index in [1.54, 1.807) is 12.1 Å². The van der Waals surface area contributed by atoms with Gasteiger partial charge in [0, 0.05) is 17.4 Å². The predicted octanol–water partition coefficient (Wildman–Crippen LogP) is 2.47. The minimum Gasteiger partial charge on any atom is -0.478 e. The number of fused-ring (bicyclic) bond motifs is 1. The fourth-order valence-corrected chi connectivity index (χ4v) is 1.59. The van der Waals surface area contributed by atoms with Crippen LogP contribution in [0, 0.1) is 6.92 Å². The molecule has 0 heterocycles. The molecule has 0 aliphatic rings. The van der Waals surface area contributed by atoms with Crippen LogP contribution in [0.25, 0.3) is 10.8 Å². The van der Waals surface area contributed by atoms with Crippen molar-refractivity contribution in [1.29, 1.82) is 0 Å². The number of carboxylic acids is 1. The summed E-state index contributed by atoms with van der Waals surface area (Å²) in [6, 6.07) is 11.1. The Morgan fingerprint density at radius 2 is 1.93 bits per heavy atom. The van der Waals surface area contributed by atoms with E-state index in [9.17, 15) is 4.79 Å². The van der Waals surface area contributed by atoms with Gasteiger partial charge in [-0.3, -0.25) is 0 Å². The first-order valence-corrected chi connectivity index (χ1v) is 4.41. The molecule has 0 spiro atoms. The van der Waals surface area contributed by atoms with Crippen LogP contribution < -0.4 is 0 Å². The second-order valence-electron chi connectivity index (χ2n) is 3.34. The second-order valence-corrected chi connectivity index (χ2v) is 3.34. The topological polar surface area (TPSA) is 37.3 Å². The van der Waals surface area contributed by atoms with Crippen molar-refractivity contribution in [2.45, 2.75) is 6.92 Å². The first kappa shape index (κ1) is 11.8. The Balaban J connectivity index is 0.00000112. The van der Waals surface area contributed by atoms with Crippen LogP contribution in [-0.2, 0) is 0 Å². The molecular weight excluding hydrogens is 203 g/mol. The lowest BCUT2D eigenvalue weighted by atomic mass is 10.0. The van der Waals surface area contributed by atoms with E-state index >= 15 is 0 Å². The van der Waals surface area contributed by atoms with Gasteiger partial charge in [-0.15, -0.1) is 0 Å². The van der Waals surface area contributed by atoms with Crippen LogP contribution in [0.3, 0.4) is 0 Å². The average molecular weight is 213 g/mol. The maximum atomic E-state index is 10.9. The number of carboxylic acid groups (broad SMARTS) is 1. The van der Waals surface area contributed by atoms with E-state index in [1.807, 2.05) is 31.2 Å². The quantitative estimate of drug-likeness (QED) is 0.739. The van der Waals surface area contributed by atoms with Crippen molar-refractivity contribution >= 4 is 34.1 Å². The molecule has 15 heavy (non-hydrogen) atoms. The van der Waals surface area contributed by atoms with Gasteiger partial charge in [-0.2, -0.15) is 0 Å². The van der Waals surface area contributed by atoms with Gasteiger partial charge >= 0.3 is 5.97 Å². The van der Waals surface area contributed by atoms with Gasteiger partial charge in [-0.25, -0.2) is 4.79 Å². The highest BCUT2D eigenvalue weighted by molar-refractivity contribution is 6.03. The third-order valence-electron chi connectivity index (χ3n) is 2.27. The molecule has 0 saturated heterocycles. The van der Waals surface area contributed by atoms with E-state index in [1.165, 1.54) is 0 Å². The van der Waals surface area contributed by atoms with E-state index in [-0.39, 0.29) is 17.4 Å². The molecule has 0 aromatic heterocycles. The van der Waals surface area contributed by atoms with Crippen LogP contribution in [0.2, 0.25) is 0 Å². The standard InChI is InChI=1S/C12H10O2.Al/c1-8-5-6-10-9(7-8)3-2-4-11(10)12(13)14;/h2-7H,1H3,(H,13,14);. The van der Waals surface area contributed by atoms with Crippen molar-refractivity contribution in [3.8, 4) is 0 Å². The van der Waals surface area contributed by atoms with Crippen LogP contribution in [0.5, 0.6) is 0 Å². The molecule has 0 saturated carbocycles. The van der Waals surface area contributed by atoms with Gasteiger partial charge in [0.15, 0.2) is 0 Å². The first-order valence-electron chi connectivity index (χ1n) is 4.41. The highest BCUT2D eigenvalue weighted by Crippen LogP contribution is 2.19. The highest BCUT2D eigenvalue weighted by Gasteiger charge is 2.06. The molecule has 2 aromatic carbocycles. The van der Waals surface area contributed by atoms with Crippen LogP contribution in [0.4, 0.5) is 0 Å². The van der Waals surface area contributed by atoms with E-state index in [4.69, 9.17) is 5.11 Å². The zero-order chi connectivity index (χ0) is 10.1. The maximum absolute atomic E-state index is 10.9. The van der Waals surface area contributed by atoms with Crippen molar-refractivity contribution in [2.24, 2.45) is 0 Å². The Kier molecular flexibility index (Phi) is 3.52. The van der Waals surface area contributed by atoms with Crippen molar-refractivity contribution in [2.75, 3.05) is 0 Å². The van der Waals surface area contributed by atoms with E-state index in [0.29, 0.717) is 5.56 Å². The van der Waals surface area contributed by atoms with Crippen molar-refractivity contribution in [3.05, 3.63) is 47.5 Å². The molecule has 0 bridgehead atoms. The molecule has 73 valence electrons. The van der Waals surface area contributed by atoms with Gasteiger partial charge in [-0.1, -0.05) is 35.9 Å². The minimum absolute atomic E-state index is 0. The van der Waals surface area contributed by atoms with Gasteiger partial charge in [0.25, 0.3) is 0 Å². The molecule has 2 aromatic rings. The van der Waals surface area contributed by atoms with Crippen LogP contribution in [0.15, 0.2) is 36.4 Å². The second kappa shape index (κ2) is 4.48. The fraction of sp³-hybridized carbons (Fsp3) is 0.0833. The molecule has 0 aliphatic heterocycles. The summed E-state index contributed by atoms with van der Waals surface area (Å²) in [5.41, 5.74) is 1.50. The molecule has 2 nitrogen and oxygen atoms in total. The average Bonchev–Trinajstić information content (AvgIpc) is 2.16. The number of benzene rings is 2. The lowest BCUT2D eigenvalue weighted by Crippen LogP contribution is -1.96. The maximum Gasteiger partial charge on any atom is 0.336 e. The molecule has 1 N–H and O–H groups in total.